The summed E-state index contributed by atoms with van der Waals surface area (Å²) in [5.74, 6) is 0. The molecule has 0 aliphatic carbocycles. The van der Waals surface area contributed by atoms with E-state index in [9.17, 15) is 0 Å². The molecule has 0 saturated carbocycles. The van der Waals surface area contributed by atoms with Gasteiger partial charge in [-0.3, -0.25) is 0 Å². The largest absolute Gasteiger partial charge is 0.380 e. The standard InChI is InChI=1S/C14H17BrN2S/c1-14(2,3)13-17-9-12(18-13)8-16-11-6-4-5-10(15)7-11/h4-7,9,16H,8H2,1-3H3. The minimum absolute atomic E-state index is 0.138. The minimum Gasteiger partial charge on any atom is -0.380 e. The van der Waals surface area contributed by atoms with E-state index in [-0.39, 0.29) is 5.41 Å². The zero-order chi connectivity index (χ0) is 13.2. The molecule has 0 spiro atoms. The smallest absolute Gasteiger partial charge is 0.0981 e. The van der Waals surface area contributed by atoms with Crippen LogP contribution < -0.4 is 5.32 Å². The fraction of sp³-hybridized carbons (Fsp3) is 0.357. The molecule has 0 aliphatic heterocycles. The Morgan fingerprint density at radius 1 is 1.33 bits per heavy atom. The summed E-state index contributed by atoms with van der Waals surface area (Å²) in [6, 6.07) is 8.19. The number of hydrogen-bond acceptors (Lipinski definition) is 3. The fourth-order valence-corrected chi connectivity index (χ4v) is 2.83. The van der Waals surface area contributed by atoms with Crippen LogP contribution in [0.25, 0.3) is 0 Å². The zero-order valence-corrected chi connectivity index (χ0v) is 13.2. The summed E-state index contributed by atoms with van der Waals surface area (Å²) >= 11 is 5.25. The predicted molar refractivity (Wildman–Crippen MR) is 82.3 cm³/mol. The number of thiazole rings is 1. The van der Waals surface area contributed by atoms with Gasteiger partial charge in [-0.2, -0.15) is 0 Å². The predicted octanol–water partition coefficient (Wildman–Crippen LogP) is 4.82. The molecule has 18 heavy (non-hydrogen) atoms. The second-order valence-electron chi connectivity index (χ2n) is 5.25. The SMILES string of the molecule is CC(C)(C)c1ncc(CNc2cccc(Br)c2)s1. The molecule has 1 N–H and O–H groups in total. The van der Waals surface area contributed by atoms with Gasteiger partial charge >= 0.3 is 0 Å². The summed E-state index contributed by atoms with van der Waals surface area (Å²) < 4.78 is 1.09. The number of nitrogens with zero attached hydrogens (tertiary/aromatic N) is 1. The van der Waals surface area contributed by atoms with Gasteiger partial charge < -0.3 is 5.32 Å². The highest BCUT2D eigenvalue weighted by Crippen LogP contribution is 2.27. The molecule has 4 heteroatoms. The van der Waals surface area contributed by atoms with E-state index in [2.05, 4.69) is 59.1 Å². The highest BCUT2D eigenvalue weighted by Gasteiger charge is 2.17. The molecular weight excluding hydrogens is 308 g/mol. The van der Waals surface area contributed by atoms with Gasteiger partial charge in [0.25, 0.3) is 0 Å². The summed E-state index contributed by atoms with van der Waals surface area (Å²) in [7, 11) is 0. The Kier molecular flexibility index (Phi) is 4.07. The Balaban J connectivity index is 2.01. The lowest BCUT2D eigenvalue weighted by molar-refractivity contribution is 0.585. The second kappa shape index (κ2) is 5.41. The first-order valence-corrected chi connectivity index (χ1v) is 7.51. The number of rotatable bonds is 3. The van der Waals surface area contributed by atoms with E-state index in [1.165, 1.54) is 9.88 Å². The van der Waals surface area contributed by atoms with Crippen molar-refractivity contribution in [3.63, 3.8) is 0 Å². The molecule has 0 aliphatic rings. The van der Waals surface area contributed by atoms with Crippen LogP contribution in [0.2, 0.25) is 0 Å². The minimum atomic E-state index is 0.138. The Morgan fingerprint density at radius 2 is 2.11 bits per heavy atom. The Hall–Kier alpha value is -0.870. The van der Waals surface area contributed by atoms with Gasteiger partial charge in [0.1, 0.15) is 0 Å². The molecule has 2 rings (SSSR count). The van der Waals surface area contributed by atoms with Crippen molar-refractivity contribution >= 4 is 33.0 Å². The van der Waals surface area contributed by atoms with Gasteiger partial charge in [-0.05, 0) is 18.2 Å². The molecule has 2 nitrogen and oxygen atoms in total. The van der Waals surface area contributed by atoms with E-state index < -0.39 is 0 Å². The first-order chi connectivity index (χ1) is 8.45. The van der Waals surface area contributed by atoms with Crippen molar-refractivity contribution < 1.29 is 0 Å². The fourth-order valence-electron chi connectivity index (χ4n) is 1.52. The molecule has 0 bridgehead atoms. The highest BCUT2D eigenvalue weighted by atomic mass is 79.9. The summed E-state index contributed by atoms with van der Waals surface area (Å²) in [5.41, 5.74) is 1.26. The van der Waals surface area contributed by atoms with Crippen LogP contribution in [0, 0.1) is 0 Å². The summed E-state index contributed by atoms with van der Waals surface area (Å²) in [4.78, 5) is 5.75. The van der Waals surface area contributed by atoms with Crippen LogP contribution in [-0.4, -0.2) is 4.98 Å². The number of nitrogens with one attached hydrogen (secondary N) is 1. The van der Waals surface area contributed by atoms with Crippen molar-refractivity contribution in [3.8, 4) is 0 Å². The molecular formula is C14H17BrN2S. The molecule has 0 amide bonds. The highest BCUT2D eigenvalue weighted by molar-refractivity contribution is 9.10. The van der Waals surface area contributed by atoms with E-state index in [1.807, 2.05) is 18.3 Å². The Bertz CT molecular complexity index is 529. The molecule has 1 aromatic heterocycles. The van der Waals surface area contributed by atoms with Crippen molar-refractivity contribution in [1.82, 2.24) is 4.98 Å². The van der Waals surface area contributed by atoms with E-state index in [0.29, 0.717) is 0 Å². The van der Waals surface area contributed by atoms with Gasteiger partial charge in [0.15, 0.2) is 0 Å². The van der Waals surface area contributed by atoms with Crippen molar-refractivity contribution in [2.45, 2.75) is 32.7 Å². The first-order valence-electron chi connectivity index (χ1n) is 5.90. The lowest BCUT2D eigenvalue weighted by Crippen LogP contribution is -2.09. The maximum Gasteiger partial charge on any atom is 0.0981 e. The molecule has 0 atom stereocenters. The quantitative estimate of drug-likeness (QED) is 0.875. The van der Waals surface area contributed by atoms with Crippen LogP contribution in [0.5, 0.6) is 0 Å². The first kappa shape index (κ1) is 13.6. The number of hydrogen-bond donors (Lipinski definition) is 1. The lowest BCUT2D eigenvalue weighted by Gasteiger charge is -2.13. The van der Waals surface area contributed by atoms with E-state index >= 15 is 0 Å². The van der Waals surface area contributed by atoms with Crippen molar-refractivity contribution in [3.05, 3.63) is 44.8 Å². The van der Waals surface area contributed by atoms with Crippen LogP contribution in [0.1, 0.15) is 30.7 Å². The molecule has 1 aromatic carbocycles. The van der Waals surface area contributed by atoms with Crippen molar-refractivity contribution in [1.29, 1.82) is 0 Å². The van der Waals surface area contributed by atoms with Crippen LogP contribution in [-0.2, 0) is 12.0 Å². The van der Waals surface area contributed by atoms with Crippen molar-refractivity contribution in [2.24, 2.45) is 0 Å². The van der Waals surface area contributed by atoms with Crippen LogP contribution in [0.4, 0.5) is 5.69 Å². The monoisotopic (exact) mass is 324 g/mol. The molecule has 0 unspecified atom stereocenters. The van der Waals surface area contributed by atoms with E-state index in [4.69, 9.17) is 0 Å². The third kappa shape index (κ3) is 3.56. The average Bonchev–Trinajstić information content (AvgIpc) is 2.74. The molecule has 96 valence electrons. The summed E-state index contributed by atoms with van der Waals surface area (Å²) in [6.07, 6.45) is 1.97. The van der Waals surface area contributed by atoms with Gasteiger partial charge in [-0.25, -0.2) is 4.98 Å². The normalized spacial score (nSPS) is 11.6. The van der Waals surface area contributed by atoms with Crippen LogP contribution in [0.15, 0.2) is 34.9 Å². The maximum atomic E-state index is 4.49. The third-order valence-corrected chi connectivity index (χ3v) is 4.40. The van der Waals surface area contributed by atoms with E-state index in [1.54, 1.807) is 11.3 Å². The number of benzene rings is 1. The number of anilines is 1. The zero-order valence-electron chi connectivity index (χ0n) is 10.8. The van der Waals surface area contributed by atoms with Crippen LogP contribution in [0.3, 0.4) is 0 Å². The lowest BCUT2D eigenvalue weighted by atomic mass is 9.98. The summed E-state index contributed by atoms with van der Waals surface area (Å²) in [6.45, 7) is 7.40. The van der Waals surface area contributed by atoms with Gasteiger partial charge in [0, 0.05) is 26.6 Å². The van der Waals surface area contributed by atoms with Crippen LogP contribution >= 0.6 is 27.3 Å². The average molecular weight is 325 g/mol. The maximum absolute atomic E-state index is 4.49. The topological polar surface area (TPSA) is 24.9 Å². The summed E-state index contributed by atoms with van der Waals surface area (Å²) in [5, 5.41) is 4.60. The van der Waals surface area contributed by atoms with Crippen molar-refractivity contribution in [2.75, 3.05) is 5.32 Å². The van der Waals surface area contributed by atoms with Gasteiger partial charge in [-0.1, -0.05) is 42.8 Å². The molecule has 1 heterocycles. The van der Waals surface area contributed by atoms with E-state index in [0.717, 1.165) is 16.7 Å². The molecule has 0 saturated heterocycles. The second-order valence-corrected chi connectivity index (χ2v) is 7.28. The molecule has 0 radical (unpaired) electrons. The van der Waals surface area contributed by atoms with Gasteiger partial charge in [-0.15, -0.1) is 11.3 Å². The van der Waals surface area contributed by atoms with Gasteiger partial charge in [0.05, 0.1) is 11.6 Å². The molecule has 2 aromatic rings. The number of halogens is 1. The Morgan fingerprint density at radius 3 is 2.72 bits per heavy atom. The third-order valence-electron chi connectivity index (χ3n) is 2.49. The number of aromatic nitrogens is 1. The van der Waals surface area contributed by atoms with Gasteiger partial charge in [0.2, 0.25) is 0 Å². The Labute approximate surface area is 121 Å². The molecule has 0 fully saturated rings.